The van der Waals surface area contributed by atoms with Crippen molar-refractivity contribution in [2.24, 2.45) is 25.6 Å². The molecular weight excluding hydrogens is 898 g/mol. The Balaban J connectivity index is 0.000000298. The predicted octanol–water partition coefficient (Wildman–Crippen LogP) is -9.01. The maximum absolute atomic E-state index is 12.0. The van der Waals surface area contributed by atoms with Crippen LogP contribution in [-0.4, -0.2) is 195 Å². The lowest BCUT2D eigenvalue weighted by molar-refractivity contribution is -0.179. The lowest BCUT2D eigenvalue weighted by atomic mass is 10.0. The van der Waals surface area contributed by atoms with E-state index in [-0.39, 0.29) is 28.2 Å². The van der Waals surface area contributed by atoms with Crippen LogP contribution in [-0.2, 0) is 37.8 Å². The van der Waals surface area contributed by atoms with Crippen LogP contribution in [0, 0.1) is 0 Å². The second kappa shape index (κ2) is 25.7. The molecule has 3 saturated heterocycles. The molecular formula is C35H57N9O20S. The van der Waals surface area contributed by atoms with Crippen molar-refractivity contribution in [2.45, 2.75) is 79.7 Å². The van der Waals surface area contributed by atoms with E-state index in [1.165, 1.54) is 24.9 Å². The van der Waals surface area contributed by atoms with Gasteiger partial charge >= 0.3 is 17.1 Å². The molecule has 3 aliphatic heterocycles. The Bertz CT molecular complexity index is 2230. The van der Waals surface area contributed by atoms with Crippen LogP contribution in [0.1, 0.15) is 35.0 Å². The minimum absolute atomic E-state index is 0.000000000000000222. The molecule has 30 heteroatoms. The van der Waals surface area contributed by atoms with E-state index in [9.17, 15) is 59.4 Å². The first kappa shape index (κ1) is 56.3. The number of aliphatic hydroxyl groups is 9. The van der Waals surface area contributed by atoms with Gasteiger partial charge in [-0.3, -0.25) is 33.8 Å². The fourth-order valence-electron chi connectivity index (χ4n) is 6.28. The first-order valence-corrected chi connectivity index (χ1v) is 19.4. The van der Waals surface area contributed by atoms with Crippen molar-refractivity contribution in [1.29, 1.82) is 0 Å². The highest BCUT2D eigenvalue weighted by Crippen LogP contribution is 2.33. The Labute approximate surface area is 371 Å². The zero-order valence-corrected chi connectivity index (χ0v) is 36.6. The summed E-state index contributed by atoms with van der Waals surface area (Å²) in [5.41, 5.74) is 5.43. The number of hydrogen-bond acceptors (Lipinski definition) is 22. The topological polar surface area (TPSA) is 459 Å². The lowest BCUT2D eigenvalue weighted by Crippen LogP contribution is -2.40. The normalized spacial score (nSPS) is 28.0. The Morgan fingerprint density at radius 1 is 0.677 bits per heavy atom. The number of methoxy groups -OCH3 is 2. The summed E-state index contributed by atoms with van der Waals surface area (Å²) < 4.78 is 27.4. The Morgan fingerprint density at radius 2 is 1.00 bits per heavy atom. The first-order valence-electron chi connectivity index (χ1n) is 19.0. The molecule has 0 spiro atoms. The fraction of sp³-hybridized carbons (Fsp3) is 0.629. The van der Waals surface area contributed by atoms with Crippen molar-refractivity contribution in [3.05, 3.63) is 97.8 Å². The Kier molecular flexibility index (Phi) is 22.3. The van der Waals surface area contributed by atoms with Crippen LogP contribution in [0.4, 0.5) is 0 Å². The molecule has 0 radical (unpaired) electrons. The van der Waals surface area contributed by atoms with Gasteiger partial charge in [-0.1, -0.05) is 0 Å². The summed E-state index contributed by atoms with van der Waals surface area (Å²) in [6.07, 6.45) is -10.7. The van der Waals surface area contributed by atoms with E-state index < -0.39 is 127 Å². The highest BCUT2D eigenvalue weighted by atomic mass is 32.1. The lowest BCUT2D eigenvalue weighted by Gasteiger charge is -2.19. The third-order valence-electron chi connectivity index (χ3n) is 9.54. The number of aromatic nitrogens is 6. The molecule has 0 bridgehead atoms. The minimum Gasteiger partial charge on any atom is -0.394 e. The molecule has 3 aromatic heterocycles. The summed E-state index contributed by atoms with van der Waals surface area (Å²) in [5, 5.41) is 84.7. The van der Waals surface area contributed by atoms with Gasteiger partial charge in [0.05, 0.1) is 36.5 Å². The Hall–Kier alpha value is -4.87. The number of nitrogens with one attached hydrogen (secondary N) is 4. The average molecular weight is 956 g/mol. The van der Waals surface area contributed by atoms with Crippen molar-refractivity contribution in [1.82, 2.24) is 34.0 Å². The van der Waals surface area contributed by atoms with Crippen molar-refractivity contribution in [2.75, 3.05) is 48.1 Å². The van der Waals surface area contributed by atoms with Gasteiger partial charge in [0, 0.05) is 46.9 Å². The van der Waals surface area contributed by atoms with E-state index in [1.807, 2.05) is 29.0 Å². The van der Waals surface area contributed by atoms with Gasteiger partial charge in [0.1, 0.15) is 73.2 Å². The molecule has 368 valence electrons. The second-order valence-electron chi connectivity index (χ2n) is 14.3. The standard InChI is InChI=1S/C11H16N2O6.2C9H12N2O6.C5H13NO2.CH4N2S/c1-12-3-5(10(17)13(2)11(12)18)9-8(16)7(15)6(4-14)19-9;2*12-2-4-5(13)6(14)7(17-4)3-1-10-9(16)11-8(3)15;1-6(2)5(7-3)8-4;2-1(3)4/h3,6-9,14-16H,4H2,1-2H3;2*1,4-7,12-14H,2H2,(H2,10,11,15,16);5H,1-4H3;(H4,2,3,4)/t6-,7+,8?,9+;2*4-,5+,6?,7+;;/m111../s1. The molecule has 6 rings (SSSR count). The third-order valence-corrected chi connectivity index (χ3v) is 9.54. The number of aryl methyl sites for hydroxylation is 1. The van der Waals surface area contributed by atoms with Gasteiger partial charge in [-0.15, -0.1) is 0 Å². The van der Waals surface area contributed by atoms with Crippen molar-refractivity contribution in [3.8, 4) is 0 Å². The highest BCUT2D eigenvalue weighted by molar-refractivity contribution is 7.80. The summed E-state index contributed by atoms with van der Waals surface area (Å²) in [6, 6.07) is 0. The van der Waals surface area contributed by atoms with Crippen LogP contribution in [0.3, 0.4) is 0 Å². The largest absolute Gasteiger partial charge is 0.394 e. The zero-order chi connectivity index (χ0) is 49.6. The molecule has 3 aromatic rings. The summed E-state index contributed by atoms with van der Waals surface area (Å²) in [4.78, 5) is 78.4. The van der Waals surface area contributed by atoms with Crippen LogP contribution in [0.25, 0.3) is 0 Å². The maximum Gasteiger partial charge on any atom is 0.330 e. The van der Waals surface area contributed by atoms with Crippen LogP contribution < -0.4 is 45.2 Å². The van der Waals surface area contributed by atoms with Crippen LogP contribution in [0.15, 0.2) is 47.4 Å². The minimum atomic E-state index is -1.33. The van der Waals surface area contributed by atoms with Gasteiger partial charge in [0.25, 0.3) is 16.7 Å². The fourth-order valence-corrected chi connectivity index (χ4v) is 6.28. The van der Waals surface area contributed by atoms with E-state index in [1.54, 1.807) is 14.2 Å². The van der Waals surface area contributed by atoms with Crippen LogP contribution in [0.5, 0.6) is 0 Å². The zero-order valence-electron chi connectivity index (χ0n) is 35.8. The number of aliphatic hydroxyl groups excluding tert-OH is 9. The number of H-pyrrole nitrogens is 4. The summed E-state index contributed by atoms with van der Waals surface area (Å²) in [6.45, 7) is -1.42. The van der Waals surface area contributed by atoms with E-state index >= 15 is 0 Å². The number of thiocarbonyl (C=S) groups is 1. The van der Waals surface area contributed by atoms with E-state index in [4.69, 9.17) is 39.0 Å². The molecule has 0 saturated carbocycles. The molecule has 6 heterocycles. The predicted molar refractivity (Wildman–Crippen MR) is 225 cm³/mol. The molecule has 0 aliphatic carbocycles. The van der Waals surface area contributed by atoms with Gasteiger partial charge in [-0.25, -0.2) is 14.4 Å². The van der Waals surface area contributed by atoms with Gasteiger partial charge in [0.15, 0.2) is 5.11 Å². The Morgan fingerprint density at radius 3 is 1.25 bits per heavy atom. The molecule has 3 unspecified atom stereocenters. The third kappa shape index (κ3) is 14.6. The molecule has 29 nitrogen and oxygen atoms in total. The van der Waals surface area contributed by atoms with Crippen LogP contribution in [0.2, 0.25) is 0 Å². The summed E-state index contributed by atoms with van der Waals surface area (Å²) >= 11 is 4.09. The quantitative estimate of drug-likeness (QED) is 0.0699. The SMILES string of the molecule is COC(OC)N(C)C.Cn1cc([C@@H]2O[C@H](CO)[C@H](O)C2O)c(=O)n(C)c1=O.NC(N)=S.O=c1[nH]cc([C@@H]2O[C@H](CO)[C@H](O)C2O)c(=O)[nH]1.O=c1[nH]cc([C@@H]2O[C@H](CO)[C@H](O)C2O)c(=O)[nH]1. The molecule has 65 heavy (non-hydrogen) atoms. The number of nitrogens with zero attached hydrogens (tertiary/aromatic N) is 3. The molecule has 0 amide bonds. The van der Waals surface area contributed by atoms with Crippen molar-refractivity contribution < 1.29 is 69.6 Å². The van der Waals surface area contributed by atoms with E-state index in [2.05, 4.69) is 33.7 Å². The van der Waals surface area contributed by atoms with Crippen molar-refractivity contribution in [3.63, 3.8) is 0 Å². The molecule has 0 aromatic carbocycles. The smallest absolute Gasteiger partial charge is 0.330 e. The summed E-state index contributed by atoms with van der Waals surface area (Å²) in [7, 11) is 9.76. The molecule has 3 fully saturated rings. The number of nitrogens with two attached hydrogens (primary N) is 2. The number of aromatic amines is 4. The highest BCUT2D eigenvalue weighted by Gasteiger charge is 2.46. The number of hydrogen-bond donors (Lipinski definition) is 15. The van der Waals surface area contributed by atoms with Crippen LogP contribution >= 0.6 is 12.2 Å². The van der Waals surface area contributed by atoms with Gasteiger partial charge < -0.3 is 95.6 Å². The molecule has 12 atom stereocenters. The van der Waals surface area contributed by atoms with E-state index in [0.29, 0.717) is 0 Å². The molecule has 17 N–H and O–H groups in total. The number of rotatable bonds is 9. The monoisotopic (exact) mass is 955 g/mol. The van der Waals surface area contributed by atoms with Gasteiger partial charge in [-0.05, 0) is 26.3 Å². The van der Waals surface area contributed by atoms with E-state index in [0.717, 1.165) is 17.0 Å². The maximum atomic E-state index is 12.0. The van der Waals surface area contributed by atoms with Gasteiger partial charge in [0.2, 0.25) is 6.41 Å². The average Bonchev–Trinajstić information content (AvgIpc) is 3.82. The van der Waals surface area contributed by atoms with Gasteiger partial charge in [-0.2, -0.15) is 0 Å². The van der Waals surface area contributed by atoms with Crippen molar-refractivity contribution >= 4 is 17.3 Å². The molecule has 3 aliphatic rings. The number of ether oxygens (including phenoxy) is 5. The first-order chi connectivity index (χ1) is 30.4. The summed E-state index contributed by atoms with van der Waals surface area (Å²) in [5.74, 6) is 0. The second-order valence-corrected chi connectivity index (χ2v) is 14.8.